The minimum atomic E-state index is -1.32. The summed E-state index contributed by atoms with van der Waals surface area (Å²) in [7, 11) is 2.28. The van der Waals surface area contributed by atoms with Gasteiger partial charge in [-0.25, -0.2) is 4.79 Å². The van der Waals surface area contributed by atoms with Gasteiger partial charge in [-0.2, -0.15) is 0 Å². The van der Waals surface area contributed by atoms with Crippen LogP contribution < -0.4 is 10.6 Å². The number of benzene rings is 2. The molecule has 2 amide bonds. The van der Waals surface area contributed by atoms with E-state index in [9.17, 15) is 29.3 Å². The van der Waals surface area contributed by atoms with Crippen molar-refractivity contribution in [3.63, 3.8) is 0 Å². The van der Waals surface area contributed by atoms with Crippen molar-refractivity contribution >= 4 is 29.4 Å². The summed E-state index contributed by atoms with van der Waals surface area (Å²) in [6, 6.07) is 12.1. The molecule has 174 valence electrons. The molecular formula is C22H23N3O8. The van der Waals surface area contributed by atoms with Crippen LogP contribution in [0.4, 0.5) is 5.69 Å². The number of nitrogens with zero attached hydrogens (tertiary/aromatic N) is 1. The Labute approximate surface area is 189 Å². The first-order valence-electron chi connectivity index (χ1n) is 9.78. The average Bonchev–Trinajstić information content (AvgIpc) is 2.84. The summed E-state index contributed by atoms with van der Waals surface area (Å²) in [5.74, 6) is -3.64. The highest BCUT2D eigenvalue weighted by atomic mass is 16.6. The summed E-state index contributed by atoms with van der Waals surface area (Å²) >= 11 is 0. The van der Waals surface area contributed by atoms with Gasteiger partial charge in [0.15, 0.2) is 0 Å². The van der Waals surface area contributed by atoms with Gasteiger partial charge in [0.1, 0.15) is 6.04 Å². The Morgan fingerprint density at radius 1 is 0.970 bits per heavy atom. The first-order chi connectivity index (χ1) is 15.8. The third kappa shape index (κ3) is 7.13. The molecule has 11 nitrogen and oxygen atoms in total. The molecule has 0 bridgehead atoms. The molecule has 0 aliphatic heterocycles. The van der Waals surface area contributed by atoms with Crippen molar-refractivity contribution in [2.75, 3.05) is 20.8 Å². The summed E-state index contributed by atoms with van der Waals surface area (Å²) in [5.41, 5.74) is 0.539. The van der Waals surface area contributed by atoms with Crippen molar-refractivity contribution < 1.29 is 33.6 Å². The summed E-state index contributed by atoms with van der Waals surface area (Å²) in [4.78, 5) is 59.5. The van der Waals surface area contributed by atoms with Crippen LogP contribution in [0.5, 0.6) is 0 Å². The fraction of sp³-hybridized carbons (Fsp3) is 0.273. The highest BCUT2D eigenvalue weighted by Gasteiger charge is 2.34. The lowest BCUT2D eigenvalue weighted by Crippen LogP contribution is -2.49. The summed E-state index contributed by atoms with van der Waals surface area (Å²) in [6.45, 7) is -0.438. The van der Waals surface area contributed by atoms with Crippen molar-refractivity contribution in [2.45, 2.75) is 18.4 Å². The van der Waals surface area contributed by atoms with Gasteiger partial charge in [-0.15, -0.1) is 0 Å². The van der Waals surface area contributed by atoms with Crippen molar-refractivity contribution in [1.82, 2.24) is 10.6 Å². The molecular weight excluding hydrogens is 434 g/mol. The minimum Gasteiger partial charge on any atom is -0.469 e. The lowest BCUT2D eigenvalue weighted by molar-refractivity contribution is -0.384. The second kappa shape index (κ2) is 11.9. The van der Waals surface area contributed by atoms with Gasteiger partial charge in [0.05, 0.1) is 32.1 Å². The Balaban J connectivity index is 2.22. The second-order valence-electron chi connectivity index (χ2n) is 6.85. The average molecular weight is 457 g/mol. The number of nitro benzene ring substituents is 1. The van der Waals surface area contributed by atoms with E-state index in [1.165, 1.54) is 31.4 Å². The zero-order valence-electron chi connectivity index (χ0n) is 18.0. The van der Waals surface area contributed by atoms with Crippen LogP contribution in [0.25, 0.3) is 0 Å². The fourth-order valence-electron chi connectivity index (χ4n) is 3.06. The SMILES string of the molecule is COC(=O)C[C@H](c1ccc([N+](=O)[O-])cc1)[C@@H](NC(=O)CNC(=O)c1ccccc1)C(=O)OC. The summed E-state index contributed by atoms with van der Waals surface area (Å²) in [5, 5.41) is 15.8. The molecule has 2 N–H and O–H groups in total. The molecule has 0 aromatic heterocycles. The van der Waals surface area contributed by atoms with E-state index >= 15 is 0 Å². The van der Waals surface area contributed by atoms with Gasteiger partial charge < -0.3 is 20.1 Å². The molecule has 0 unspecified atom stereocenters. The van der Waals surface area contributed by atoms with E-state index < -0.39 is 47.2 Å². The normalized spacial score (nSPS) is 12.1. The number of amides is 2. The van der Waals surface area contributed by atoms with E-state index in [0.717, 1.165) is 7.11 Å². The Bertz CT molecular complexity index is 1010. The van der Waals surface area contributed by atoms with Crippen molar-refractivity contribution in [1.29, 1.82) is 0 Å². The van der Waals surface area contributed by atoms with E-state index in [1.807, 2.05) is 0 Å². The maximum absolute atomic E-state index is 12.5. The van der Waals surface area contributed by atoms with Gasteiger partial charge >= 0.3 is 11.9 Å². The predicted molar refractivity (Wildman–Crippen MR) is 115 cm³/mol. The topological polar surface area (TPSA) is 154 Å². The number of methoxy groups -OCH3 is 2. The molecule has 0 saturated carbocycles. The Hall–Kier alpha value is -4.28. The van der Waals surface area contributed by atoms with E-state index in [2.05, 4.69) is 10.6 Å². The molecule has 0 heterocycles. The number of nitrogens with one attached hydrogen (secondary N) is 2. The lowest BCUT2D eigenvalue weighted by atomic mass is 9.88. The van der Waals surface area contributed by atoms with Crippen molar-refractivity contribution in [3.8, 4) is 0 Å². The van der Waals surface area contributed by atoms with E-state index in [1.54, 1.807) is 30.3 Å². The minimum absolute atomic E-state index is 0.183. The molecule has 33 heavy (non-hydrogen) atoms. The molecule has 2 rings (SSSR count). The van der Waals surface area contributed by atoms with Gasteiger partial charge in [-0.1, -0.05) is 30.3 Å². The zero-order chi connectivity index (χ0) is 24.4. The quantitative estimate of drug-likeness (QED) is 0.308. The van der Waals surface area contributed by atoms with Crippen molar-refractivity contribution in [2.24, 2.45) is 0 Å². The third-order valence-electron chi connectivity index (χ3n) is 4.77. The molecule has 0 aliphatic rings. The molecule has 0 radical (unpaired) electrons. The monoisotopic (exact) mass is 457 g/mol. The molecule has 2 atom stereocenters. The standard InChI is InChI=1S/C22H23N3O8/c1-32-19(27)12-17(14-8-10-16(11-9-14)25(30)31)20(22(29)33-2)24-18(26)13-23-21(28)15-6-4-3-5-7-15/h3-11,17,20H,12-13H2,1-2H3,(H,23,28)(H,24,26)/t17-,20-/m1/s1. The second-order valence-corrected chi connectivity index (χ2v) is 6.85. The molecule has 0 saturated heterocycles. The Morgan fingerprint density at radius 3 is 2.15 bits per heavy atom. The highest BCUT2D eigenvalue weighted by Crippen LogP contribution is 2.27. The number of ether oxygens (including phenoxy) is 2. The van der Waals surface area contributed by atoms with Crippen LogP contribution in [-0.4, -0.2) is 55.5 Å². The predicted octanol–water partition coefficient (Wildman–Crippen LogP) is 1.33. The number of non-ortho nitro benzene ring substituents is 1. The van der Waals surface area contributed by atoms with Gasteiger partial charge in [0.2, 0.25) is 5.91 Å². The maximum Gasteiger partial charge on any atom is 0.329 e. The van der Waals surface area contributed by atoms with Crippen molar-refractivity contribution in [3.05, 3.63) is 75.8 Å². The number of rotatable bonds is 10. The number of carbonyl (C=O) groups is 4. The fourth-order valence-corrected chi connectivity index (χ4v) is 3.06. The van der Waals surface area contributed by atoms with Crippen LogP contribution in [0.15, 0.2) is 54.6 Å². The van der Waals surface area contributed by atoms with Gasteiger partial charge in [0, 0.05) is 23.6 Å². The zero-order valence-corrected chi connectivity index (χ0v) is 18.0. The highest BCUT2D eigenvalue weighted by molar-refractivity contribution is 5.97. The van der Waals surface area contributed by atoms with Crippen LogP contribution in [0, 0.1) is 10.1 Å². The molecule has 0 spiro atoms. The van der Waals surface area contributed by atoms with E-state index in [4.69, 9.17) is 9.47 Å². The third-order valence-corrected chi connectivity index (χ3v) is 4.77. The first kappa shape index (κ1) is 25.0. The molecule has 2 aromatic carbocycles. The molecule has 11 heteroatoms. The molecule has 0 fully saturated rings. The number of nitro groups is 1. The van der Waals surface area contributed by atoms with Crippen LogP contribution in [-0.2, 0) is 23.9 Å². The Kier molecular flexibility index (Phi) is 9.04. The number of esters is 2. The van der Waals surface area contributed by atoms with E-state index in [0.29, 0.717) is 11.1 Å². The van der Waals surface area contributed by atoms with Gasteiger partial charge in [0.25, 0.3) is 11.6 Å². The number of hydrogen-bond acceptors (Lipinski definition) is 8. The summed E-state index contributed by atoms with van der Waals surface area (Å²) < 4.78 is 9.48. The van der Waals surface area contributed by atoms with Gasteiger partial charge in [-0.05, 0) is 17.7 Å². The molecule has 2 aromatic rings. The maximum atomic E-state index is 12.5. The van der Waals surface area contributed by atoms with Crippen LogP contribution >= 0.6 is 0 Å². The van der Waals surface area contributed by atoms with Crippen LogP contribution in [0.1, 0.15) is 28.3 Å². The Morgan fingerprint density at radius 2 is 1.61 bits per heavy atom. The molecule has 0 aliphatic carbocycles. The van der Waals surface area contributed by atoms with Gasteiger partial charge in [-0.3, -0.25) is 24.5 Å². The smallest absolute Gasteiger partial charge is 0.329 e. The number of carbonyl (C=O) groups excluding carboxylic acids is 4. The summed E-state index contributed by atoms with van der Waals surface area (Å²) in [6.07, 6.45) is -0.315. The van der Waals surface area contributed by atoms with Crippen LogP contribution in [0.2, 0.25) is 0 Å². The largest absolute Gasteiger partial charge is 0.469 e. The van der Waals surface area contributed by atoms with E-state index in [-0.39, 0.29) is 12.1 Å². The lowest BCUT2D eigenvalue weighted by Gasteiger charge is -2.26. The number of hydrogen-bond donors (Lipinski definition) is 2. The van der Waals surface area contributed by atoms with Crippen LogP contribution in [0.3, 0.4) is 0 Å². The first-order valence-corrected chi connectivity index (χ1v) is 9.78.